The molecule has 0 aliphatic heterocycles. The number of fused-ring (bicyclic) bond motifs is 1. The number of aromatic nitrogens is 2. The first-order valence-electron chi connectivity index (χ1n) is 5.01. The van der Waals surface area contributed by atoms with Gasteiger partial charge < -0.3 is 5.32 Å². The molecule has 0 saturated heterocycles. The van der Waals surface area contributed by atoms with Crippen LogP contribution in [0, 0.1) is 0 Å². The number of benzene rings is 1. The Balaban J connectivity index is 2.20. The van der Waals surface area contributed by atoms with E-state index in [9.17, 15) is 4.21 Å². The lowest BCUT2D eigenvalue weighted by atomic mass is 10.2. The second-order valence-electron chi connectivity index (χ2n) is 3.48. The van der Waals surface area contributed by atoms with E-state index >= 15 is 0 Å². The Morgan fingerprint density at radius 2 is 2.19 bits per heavy atom. The van der Waals surface area contributed by atoms with E-state index < -0.39 is 10.8 Å². The van der Waals surface area contributed by atoms with Gasteiger partial charge in [0.25, 0.3) is 0 Å². The minimum Gasteiger partial charge on any atom is -0.367 e. The van der Waals surface area contributed by atoms with E-state index in [1.54, 1.807) is 12.5 Å². The third-order valence-corrected chi connectivity index (χ3v) is 3.03. The molecule has 0 radical (unpaired) electrons. The summed E-state index contributed by atoms with van der Waals surface area (Å²) in [6.07, 6.45) is 3.43. The Kier molecular flexibility index (Phi) is 3.46. The first kappa shape index (κ1) is 11.0. The van der Waals surface area contributed by atoms with Gasteiger partial charge in [0.05, 0.1) is 6.20 Å². The topological polar surface area (TPSA) is 54.9 Å². The molecular weight excluding hydrogens is 222 g/mol. The van der Waals surface area contributed by atoms with Gasteiger partial charge in [0.1, 0.15) is 0 Å². The number of nitrogens with zero attached hydrogens (tertiary/aromatic N) is 2. The van der Waals surface area contributed by atoms with E-state index in [-0.39, 0.29) is 0 Å². The smallest absolute Gasteiger partial charge is 0.156 e. The van der Waals surface area contributed by atoms with Crippen LogP contribution in [0.3, 0.4) is 0 Å². The summed E-state index contributed by atoms with van der Waals surface area (Å²) in [4.78, 5) is 0. The molecule has 1 N–H and O–H groups in total. The fourth-order valence-electron chi connectivity index (χ4n) is 1.47. The second kappa shape index (κ2) is 5.03. The first-order valence-corrected chi connectivity index (χ1v) is 6.74. The lowest BCUT2D eigenvalue weighted by molar-refractivity contribution is 0.687. The summed E-state index contributed by atoms with van der Waals surface area (Å²) >= 11 is 0. The van der Waals surface area contributed by atoms with Crippen molar-refractivity contribution >= 4 is 27.4 Å². The van der Waals surface area contributed by atoms with Crippen LogP contribution in [0.4, 0.5) is 5.82 Å². The molecule has 1 atom stereocenters. The van der Waals surface area contributed by atoms with Gasteiger partial charge >= 0.3 is 0 Å². The fraction of sp³-hybridized carbons (Fsp3) is 0.273. The van der Waals surface area contributed by atoms with Gasteiger partial charge in [-0.15, -0.1) is 5.10 Å². The molecule has 5 heteroatoms. The van der Waals surface area contributed by atoms with Gasteiger partial charge in [-0.05, 0) is 0 Å². The largest absolute Gasteiger partial charge is 0.367 e. The number of rotatable bonds is 4. The molecule has 0 spiro atoms. The van der Waals surface area contributed by atoms with Gasteiger partial charge in [-0.25, -0.2) is 0 Å². The van der Waals surface area contributed by atoms with Crippen LogP contribution >= 0.6 is 0 Å². The second-order valence-corrected chi connectivity index (χ2v) is 5.04. The molecule has 2 rings (SSSR count). The molecule has 1 unspecified atom stereocenters. The third-order valence-electron chi connectivity index (χ3n) is 2.25. The van der Waals surface area contributed by atoms with Crippen LogP contribution in [0.15, 0.2) is 30.5 Å². The summed E-state index contributed by atoms with van der Waals surface area (Å²) < 4.78 is 10.9. The molecule has 0 aliphatic rings. The van der Waals surface area contributed by atoms with Crippen molar-refractivity contribution in [2.45, 2.75) is 0 Å². The fourth-order valence-corrected chi connectivity index (χ4v) is 1.86. The molecule has 84 valence electrons. The van der Waals surface area contributed by atoms with Crippen molar-refractivity contribution < 1.29 is 4.21 Å². The van der Waals surface area contributed by atoms with Gasteiger partial charge in [0.15, 0.2) is 5.82 Å². The van der Waals surface area contributed by atoms with Crippen LogP contribution in [0.2, 0.25) is 0 Å². The minimum absolute atomic E-state index is 0.616. The molecule has 1 aromatic carbocycles. The highest BCUT2D eigenvalue weighted by molar-refractivity contribution is 7.84. The molecule has 0 saturated carbocycles. The van der Waals surface area contributed by atoms with Gasteiger partial charge in [-0.2, -0.15) is 5.10 Å². The number of hydrogen-bond donors (Lipinski definition) is 1. The van der Waals surface area contributed by atoms with Crippen molar-refractivity contribution in [2.75, 3.05) is 23.9 Å². The molecule has 1 heterocycles. The third kappa shape index (κ3) is 2.55. The number of anilines is 1. The van der Waals surface area contributed by atoms with Gasteiger partial charge in [-0.1, -0.05) is 24.3 Å². The molecule has 0 aliphatic carbocycles. The number of hydrogen-bond acceptors (Lipinski definition) is 4. The maximum absolute atomic E-state index is 10.9. The van der Waals surface area contributed by atoms with Crippen molar-refractivity contribution in [3.05, 3.63) is 30.5 Å². The van der Waals surface area contributed by atoms with E-state index in [0.717, 1.165) is 16.6 Å². The number of nitrogens with one attached hydrogen (secondary N) is 1. The highest BCUT2D eigenvalue weighted by Crippen LogP contribution is 2.18. The molecule has 1 aromatic heterocycles. The zero-order chi connectivity index (χ0) is 11.4. The zero-order valence-corrected chi connectivity index (χ0v) is 9.83. The van der Waals surface area contributed by atoms with E-state index in [1.165, 1.54) is 0 Å². The molecule has 0 fully saturated rings. The van der Waals surface area contributed by atoms with Crippen LogP contribution < -0.4 is 5.32 Å². The van der Waals surface area contributed by atoms with E-state index in [1.807, 2.05) is 24.3 Å². The summed E-state index contributed by atoms with van der Waals surface area (Å²) in [5.41, 5.74) is 0. The maximum atomic E-state index is 10.9. The molecule has 0 bridgehead atoms. The molecule has 4 nitrogen and oxygen atoms in total. The van der Waals surface area contributed by atoms with Crippen LogP contribution in [-0.4, -0.2) is 33.0 Å². The lowest BCUT2D eigenvalue weighted by Crippen LogP contribution is -2.11. The zero-order valence-electron chi connectivity index (χ0n) is 9.01. The predicted octanol–water partition coefficient (Wildman–Crippen LogP) is 1.42. The Morgan fingerprint density at radius 3 is 3.00 bits per heavy atom. The summed E-state index contributed by atoms with van der Waals surface area (Å²) in [5, 5.41) is 13.2. The van der Waals surface area contributed by atoms with Crippen molar-refractivity contribution in [1.29, 1.82) is 0 Å². The SMILES string of the molecule is CS(=O)CCNc1nncc2ccccc12. The van der Waals surface area contributed by atoms with Crippen molar-refractivity contribution in [2.24, 2.45) is 0 Å². The van der Waals surface area contributed by atoms with Gasteiger partial charge in [0, 0.05) is 40.1 Å². The Bertz CT molecular complexity index is 510. The highest BCUT2D eigenvalue weighted by Gasteiger charge is 2.01. The Morgan fingerprint density at radius 1 is 1.38 bits per heavy atom. The lowest BCUT2D eigenvalue weighted by Gasteiger charge is -2.06. The van der Waals surface area contributed by atoms with Gasteiger partial charge in [-0.3, -0.25) is 4.21 Å². The standard InChI is InChI=1S/C11H13N3OS/c1-16(15)7-6-12-11-10-5-3-2-4-9(10)8-13-14-11/h2-5,8H,6-7H2,1H3,(H,12,14). The minimum atomic E-state index is -0.784. The average molecular weight is 235 g/mol. The average Bonchev–Trinajstić information content (AvgIpc) is 2.29. The molecule has 0 amide bonds. The normalized spacial score (nSPS) is 12.6. The monoisotopic (exact) mass is 235 g/mol. The summed E-state index contributed by atoms with van der Waals surface area (Å²) in [5.74, 6) is 1.37. The predicted molar refractivity (Wildman–Crippen MR) is 67.0 cm³/mol. The highest BCUT2D eigenvalue weighted by atomic mass is 32.2. The summed E-state index contributed by atoms with van der Waals surface area (Å²) in [6.45, 7) is 0.645. The van der Waals surface area contributed by atoms with Crippen molar-refractivity contribution in [3.63, 3.8) is 0 Å². The molecule has 16 heavy (non-hydrogen) atoms. The first-order chi connectivity index (χ1) is 7.77. The molecule has 2 aromatic rings. The van der Waals surface area contributed by atoms with Crippen LogP contribution in [-0.2, 0) is 10.8 Å². The van der Waals surface area contributed by atoms with Crippen LogP contribution in [0.1, 0.15) is 0 Å². The molecular formula is C11H13N3OS. The van der Waals surface area contributed by atoms with E-state index in [2.05, 4.69) is 15.5 Å². The van der Waals surface area contributed by atoms with Gasteiger partial charge in [0.2, 0.25) is 0 Å². The van der Waals surface area contributed by atoms with Crippen molar-refractivity contribution in [1.82, 2.24) is 10.2 Å². The Hall–Kier alpha value is -1.49. The Labute approximate surface area is 96.5 Å². The van der Waals surface area contributed by atoms with E-state index in [0.29, 0.717) is 12.3 Å². The summed E-state index contributed by atoms with van der Waals surface area (Å²) in [7, 11) is -0.784. The van der Waals surface area contributed by atoms with Crippen LogP contribution in [0.25, 0.3) is 10.8 Å². The summed E-state index contributed by atoms with van der Waals surface area (Å²) in [6, 6.07) is 7.92. The maximum Gasteiger partial charge on any atom is 0.156 e. The van der Waals surface area contributed by atoms with Crippen molar-refractivity contribution in [3.8, 4) is 0 Å². The quantitative estimate of drug-likeness (QED) is 0.870. The van der Waals surface area contributed by atoms with E-state index in [4.69, 9.17) is 0 Å². The van der Waals surface area contributed by atoms with Crippen LogP contribution in [0.5, 0.6) is 0 Å².